The normalized spacial score (nSPS) is 10.5. The number of carboxylic acid groups (broad SMARTS) is 1. The summed E-state index contributed by atoms with van der Waals surface area (Å²) < 4.78 is 5.85. The van der Waals surface area contributed by atoms with Crippen molar-refractivity contribution in [3.63, 3.8) is 0 Å². The van der Waals surface area contributed by atoms with E-state index in [0.29, 0.717) is 11.5 Å². The molecule has 3 rings (SSSR count). The van der Waals surface area contributed by atoms with Gasteiger partial charge in [0, 0.05) is 5.39 Å². The number of benzene rings is 2. The summed E-state index contributed by atoms with van der Waals surface area (Å²) in [6, 6.07) is 12.3. The first-order valence-corrected chi connectivity index (χ1v) is 6.37. The topological polar surface area (TPSA) is 72.3 Å². The van der Waals surface area contributed by atoms with Gasteiger partial charge < -0.3 is 9.84 Å². The van der Waals surface area contributed by atoms with Gasteiger partial charge in [-0.15, -0.1) is 0 Å². The van der Waals surface area contributed by atoms with Gasteiger partial charge in [0.05, 0.1) is 17.3 Å². The summed E-state index contributed by atoms with van der Waals surface area (Å²) in [5, 5.41) is 17.8. The molecule has 0 aliphatic heterocycles. The first kappa shape index (κ1) is 13.1. The maximum Gasteiger partial charge on any atom is 0.335 e. The Morgan fingerprint density at radius 3 is 2.76 bits per heavy atom. The average molecular weight is 280 g/mol. The standard InChI is InChI=1S/C16H12N2O3/c1-10-6-7-11(16(19)20)8-14(10)21-15-9-17-18-13-5-3-2-4-12(13)15/h2-9H,1H3,(H,19,20). The molecule has 0 saturated carbocycles. The molecule has 5 nitrogen and oxygen atoms in total. The average Bonchev–Trinajstić information content (AvgIpc) is 2.49. The highest BCUT2D eigenvalue weighted by atomic mass is 16.5. The van der Waals surface area contributed by atoms with E-state index < -0.39 is 5.97 Å². The second-order valence-corrected chi connectivity index (χ2v) is 4.61. The van der Waals surface area contributed by atoms with Gasteiger partial charge >= 0.3 is 5.97 Å². The van der Waals surface area contributed by atoms with Crippen molar-refractivity contribution in [2.75, 3.05) is 0 Å². The van der Waals surface area contributed by atoms with Crippen molar-refractivity contribution in [1.29, 1.82) is 0 Å². The van der Waals surface area contributed by atoms with Crippen molar-refractivity contribution in [3.8, 4) is 11.5 Å². The number of ether oxygens (including phenoxy) is 1. The van der Waals surface area contributed by atoms with Crippen molar-refractivity contribution in [2.24, 2.45) is 0 Å². The highest BCUT2D eigenvalue weighted by Crippen LogP contribution is 2.30. The Bertz CT molecular complexity index is 825. The highest BCUT2D eigenvalue weighted by Gasteiger charge is 2.10. The number of aryl methyl sites for hydroxylation is 1. The summed E-state index contributed by atoms with van der Waals surface area (Å²) in [7, 11) is 0. The third-order valence-corrected chi connectivity index (χ3v) is 3.16. The Morgan fingerprint density at radius 1 is 1.14 bits per heavy atom. The van der Waals surface area contributed by atoms with Crippen LogP contribution in [0.2, 0.25) is 0 Å². The van der Waals surface area contributed by atoms with E-state index in [9.17, 15) is 4.79 Å². The van der Waals surface area contributed by atoms with Gasteiger partial charge in [0.25, 0.3) is 0 Å². The molecule has 0 aliphatic rings. The number of hydrogen-bond donors (Lipinski definition) is 1. The van der Waals surface area contributed by atoms with Gasteiger partial charge in [-0.2, -0.15) is 10.2 Å². The number of rotatable bonds is 3. The summed E-state index contributed by atoms with van der Waals surface area (Å²) in [5.41, 5.74) is 1.75. The lowest BCUT2D eigenvalue weighted by Crippen LogP contribution is -1.98. The zero-order chi connectivity index (χ0) is 14.8. The first-order valence-electron chi connectivity index (χ1n) is 6.37. The van der Waals surface area contributed by atoms with Crippen LogP contribution in [0.25, 0.3) is 10.9 Å². The molecular weight excluding hydrogens is 268 g/mol. The van der Waals surface area contributed by atoms with E-state index >= 15 is 0 Å². The molecule has 0 aliphatic carbocycles. The maximum absolute atomic E-state index is 11.1. The smallest absolute Gasteiger partial charge is 0.335 e. The molecule has 0 saturated heterocycles. The minimum Gasteiger partial charge on any atom is -0.478 e. The molecule has 0 atom stereocenters. The summed E-state index contributed by atoms with van der Waals surface area (Å²) in [6.07, 6.45) is 1.52. The van der Waals surface area contributed by atoms with Crippen LogP contribution in [0.3, 0.4) is 0 Å². The number of carboxylic acids is 1. The number of fused-ring (bicyclic) bond motifs is 1. The Kier molecular flexibility index (Phi) is 3.23. The molecule has 1 heterocycles. The number of carbonyl (C=O) groups is 1. The molecule has 5 heteroatoms. The zero-order valence-electron chi connectivity index (χ0n) is 11.3. The number of aromatic nitrogens is 2. The third-order valence-electron chi connectivity index (χ3n) is 3.16. The van der Waals surface area contributed by atoms with E-state index in [1.54, 1.807) is 12.1 Å². The van der Waals surface area contributed by atoms with E-state index in [1.807, 2.05) is 31.2 Å². The van der Waals surface area contributed by atoms with Gasteiger partial charge in [0.15, 0.2) is 5.75 Å². The van der Waals surface area contributed by atoms with Crippen LogP contribution in [-0.2, 0) is 0 Å². The number of hydrogen-bond acceptors (Lipinski definition) is 4. The molecule has 0 unspecified atom stereocenters. The van der Waals surface area contributed by atoms with Gasteiger partial charge in [-0.1, -0.05) is 18.2 Å². The van der Waals surface area contributed by atoms with Crippen molar-refractivity contribution in [1.82, 2.24) is 10.2 Å². The predicted octanol–water partition coefficient (Wildman–Crippen LogP) is 3.43. The molecule has 0 radical (unpaired) electrons. The van der Waals surface area contributed by atoms with Crippen molar-refractivity contribution in [3.05, 3.63) is 59.8 Å². The maximum atomic E-state index is 11.1. The second kappa shape index (κ2) is 5.20. The summed E-state index contributed by atoms with van der Waals surface area (Å²) >= 11 is 0. The molecule has 0 fully saturated rings. The van der Waals surface area contributed by atoms with Gasteiger partial charge in [-0.05, 0) is 36.8 Å². The molecule has 3 aromatic rings. The molecule has 104 valence electrons. The molecule has 0 bridgehead atoms. The molecule has 0 spiro atoms. The predicted molar refractivity (Wildman–Crippen MR) is 77.8 cm³/mol. The van der Waals surface area contributed by atoms with E-state index in [4.69, 9.17) is 9.84 Å². The SMILES string of the molecule is Cc1ccc(C(=O)O)cc1Oc1cnnc2ccccc12. The lowest BCUT2D eigenvalue weighted by molar-refractivity contribution is 0.0696. The van der Waals surface area contributed by atoms with Gasteiger partial charge in [-0.3, -0.25) is 0 Å². The fourth-order valence-corrected chi connectivity index (χ4v) is 2.03. The molecule has 0 amide bonds. The van der Waals surface area contributed by atoms with Crippen LogP contribution in [0.5, 0.6) is 11.5 Å². The third kappa shape index (κ3) is 2.53. The van der Waals surface area contributed by atoms with Crippen LogP contribution < -0.4 is 4.74 Å². The molecule has 21 heavy (non-hydrogen) atoms. The monoisotopic (exact) mass is 280 g/mol. The van der Waals surface area contributed by atoms with Gasteiger partial charge in [0.1, 0.15) is 5.75 Å². The highest BCUT2D eigenvalue weighted by molar-refractivity contribution is 5.88. The van der Waals surface area contributed by atoms with Crippen molar-refractivity contribution < 1.29 is 14.6 Å². The van der Waals surface area contributed by atoms with Crippen molar-refractivity contribution >= 4 is 16.9 Å². The fraction of sp³-hybridized carbons (Fsp3) is 0.0625. The lowest BCUT2D eigenvalue weighted by atomic mass is 10.1. The van der Waals surface area contributed by atoms with Crippen LogP contribution in [-0.4, -0.2) is 21.3 Å². The van der Waals surface area contributed by atoms with Crippen molar-refractivity contribution in [2.45, 2.75) is 6.92 Å². The zero-order valence-corrected chi connectivity index (χ0v) is 11.3. The minimum atomic E-state index is -0.988. The number of nitrogens with zero attached hydrogens (tertiary/aromatic N) is 2. The summed E-state index contributed by atoms with van der Waals surface area (Å²) in [6.45, 7) is 1.86. The Morgan fingerprint density at radius 2 is 1.95 bits per heavy atom. The van der Waals surface area contributed by atoms with Gasteiger partial charge in [-0.25, -0.2) is 4.79 Å². The molecule has 1 N–H and O–H groups in total. The van der Waals surface area contributed by atoms with Crippen LogP contribution in [0.15, 0.2) is 48.7 Å². The van der Waals surface area contributed by atoms with Crippen LogP contribution in [0.1, 0.15) is 15.9 Å². The number of aromatic carboxylic acids is 1. The van der Waals surface area contributed by atoms with Gasteiger partial charge in [0.2, 0.25) is 0 Å². The van der Waals surface area contributed by atoms with Crippen LogP contribution in [0, 0.1) is 6.92 Å². The first-order chi connectivity index (χ1) is 10.1. The minimum absolute atomic E-state index is 0.182. The molecular formula is C16H12N2O3. The van der Waals surface area contributed by atoms with E-state index in [-0.39, 0.29) is 5.56 Å². The fourth-order valence-electron chi connectivity index (χ4n) is 2.03. The molecule has 1 aromatic heterocycles. The van der Waals surface area contributed by atoms with Crippen LogP contribution >= 0.6 is 0 Å². The Hall–Kier alpha value is -2.95. The largest absolute Gasteiger partial charge is 0.478 e. The Balaban J connectivity index is 2.06. The lowest BCUT2D eigenvalue weighted by Gasteiger charge is -2.10. The van der Waals surface area contributed by atoms with E-state index in [0.717, 1.165) is 16.5 Å². The van der Waals surface area contributed by atoms with E-state index in [1.165, 1.54) is 12.3 Å². The summed E-state index contributed by atoms with van der Waals surface area (Å²) in [5.74, 6) is 0.0526. The second-order valence-electron chi connectivity index (χ2n) is 4.61. The summed E-state index contributed by atoms with van der Waals surface area (Å²) in [4.78, 5) is 11.1. The molecule has 2 aromatic carbocycles. The quantitative estimate of drug-likeness (QED) is 0.795. The van der Waals surface area contributed by atoms with E-state index in [2.05, 4.69) is 10.2 Å². The van der Waals surface area contributed by atoms with Crippen LogP contribution in [0.4, 0.5) is 0 Å². The Labute approximate surface area is 120 Å².